The Bertz CT molecular complexity index is 2390. The van der Waals surface area contributed by atoms with E-state index in [-0.39, 0.29) is 82.8 Å². The Morgan fingerprint density at radius 3 is 1.16 bits per heavy atom. The summed E-state index contributed by atoms with van der Waals surface area (Å²) in [7, 11) is 3.08. The van der Waals surface area contributed by atoms with E-state index in [9.17, 15) is 47.9 Å². The summed E-state index contributed by atoms with van der Waals surface area (Å²) in [6, 6.07) is 11.4. The highest BCUT2D eigenvalue weighted by Gasteiger charge is 2.41. The van der Waals surface area contributed by atoms with Gasteiger partial charge in [0.1, 0.15) is 47.3 Å². The van der Waals surface area contributed by atoms with Gasteiger partial charge in [-0.05, 0) is 76.3 Å². The third kappa shape index (κ3) is 22.5. The molecule has 2 saturated heterocycles. The molecule has 4 rings (SSSR count). The molecule has 8 unspecified atom stereocenters. The summed E-state index contributed by atoms with van der Waals surface area (Å²) in [4.78, 5) is 140. The van der Waals surface area contributed by atoms with Crippen molar-refractivity contribution in [2.75, 3.05) is 40.3 Å². The molecule has 0 spiro atoms. The van der Waals surface area contributed by atoms with Gasteiger partial charge in [0.2, 0.25) is 59.1 Å². The molecule has 2 heterocycles. The highest BCUT2D eigenvalue weighted by atomic mass is 16.2. The molecule has 2 aliphatic heterocycles. The van der Waals surface area contributed by atoms with E-state index in [1.807, 2.05) is 0 Å². The molecule has 26 heteroatoms. The Labute approximate surface area is 488 Å². The normalized spacial score (nSPS) is 24.5. The number of nitrogens with zero attached hydrogens (tertiary/aromatic N) is 2. The van der Waals surface area contributed by atoms with E-state index in [4.69, 9.17) is 11.5 Å². The zero-order chi connectivity index (χ0) is 61.2. The van der Waals surface area contributed by atoms with Crippen LogP contribution in [0.1, 0.15) is 137 Å². The minimum atomic E-state index is -1.44. The van der Waals surface area contributed by atoms with Crippen LogP contribution in [0.5, 0.6) is 0 Å². The van der Waals surface area contributed by atoms with Gasteiger partial charge in [-0.15, -0.1) is 0 Å². The van der Waals surface area contributed by atoms with Crippen molar-refractivity contribution in [2.24, 2.45) is 33.3 Å². The lowest BCUT2D eigenvalue weighted by Crippen LogP contribution is -2.63. The van der Waals surface area contributed by atoms with Gasteiger partial charge in [-0.25, -0.2) is 0 Å². The number of carbonyl (C=O) groups excluding carboxylic acids is 10. The van der Waals surface area contributed by atoms with E-state index >= 15 is 0 Å². The quantitative estimate of drug-likeness (QED) is 0.0589. The van der Waals surface area contributed by atoms with Crippen molar-refractivity contribution in [3.05, 3.63) is 71.8 Å². The van der Waals surface area contributed by atoms with E-state index in [1.54, 1.807) is 130 Å². The van der Waals surface area contributed by atoms with Gasteiger partial charge < -0.3 is 75.3 Å². The smallest absolute Gasteiger partial charge is 0.247 e. The summed E-state index contributed by atoms with van der Waals surface area (Å²) in [5.41, 5.74) is 9.59. The lowest BCUT2D eigenvalue weighted by Gasteiger charge is -2.33. The van der Waals surface area contributed by atoms with Gasteiger partial charge in [0, 0.05) is 52.1 Å². The lowest BCUT2D eigenvalue weighted by molar-refractivity contribution is -0.138. The largest absolute Gasteiger partial charge is 0.370 e. The predicted octanol–water partition coefficient (Wildman–Crippen LogP) is -0.187. The van der Waals surface area contributed by atoms with Crippen LogP contribution in [0.25, 0.3) is 0 Å². The van der Waals surface area contributed by atoms with Gasteiger partial charge in [0.15, 0.2) is 11.9 Å². The summed E-state index contributed by atoms with van der Waals surface area (Å²) in [6.45, 7) is 14.2. The Balaban J connectivity index is 0.000000560. The lowest BCUT2D eigenvalue weighted by atomic mass is 9.94. The molecule has 460 valence electrons. The van der Waals surface area contributed by atoms with Gasteiger partial charge in [-0.3, -0.25) is 57.9 Å². The van der Waals surface area contributed by atoms with Crippen molar-refractivity contribution in [3.63, 3.8) is 0 Å². The number of benzene rings is 2. The molecule has 0 bridgehead atoms. The SMILES string of the molecule is C.CCC1NC(=O)C(CCCNC(N)=NC)NC(=O)C(C)(NC(=O)C(C)C)CCNC(=O)C(c2ccccc2)NC1=O.CCC1NC(=O)C(CCCNC(N)=NC)NC(=O)C(C)(NC(=O)C(C)C)CCNC(=O)C(c2ccccc2)NC1=O. The van der Waals surface area contributed by atoms with E-state index in [1.165, 1.54) is 0 Å². The third-order valence-corrected chi connectivity index (χ3v) is 13.8. The molecule has 2 aromatic carbocycles. The molecule has 0 aliphatic carbocycles. The summed E-state index contributed by atoms with van der Waals surface area (Å²) in [5, 5.41) is 33.5. The molecular formula is C57H92N16O10. The molecule has 8 atom stereocenters. The molecule has 0 radical (unpaired) electrons. The maximum Gasteiger partial charge on any atom is 0.247 e. The molecular weight excluding hydrogens is 1070 g/mol. The molecule has 26 nitrogen and oxygen atoms in total. The van der Waals surface area contributed by atoms with Gasteiger partial charge in [0.25, 0.3) is 0 Å². The summed E-state index contributed by atoms with van der Waals surface area (Å²) < 4.78 is 0. The highest BCUT2D eigenvalue weighted by Crippen LogP contribution is 2.19. The van der Waals surface area contributed by atoms with Crippen LogP contribution < -0.4 is 75.3 Å². The first kappa shape index (κ1) is 70.8. The number of carbonyl (C=O) groups is 10. The number of guanidine groups is 2. The maximum absolute atomic E-state index is 13.6. The molecule has 0 aromatic heterocycles. The number of aliphatic imine (C=N–C) groups is 2. The first-order chi connectivity index (χ1) is 38.8. The van der Waals surface area contributed by atoms with Crippen LogP contribution in [0.4, 0.5) is 0 Å². The second-order valence-corrected chi connectivity index (χ2v) is 21.1. The van der Waals surface area contributed by atoms with Crippen LogP contribution in [0.2, 0.25) is 0 Å². The Hall–Kier alpha value is -8.32. The van der Waals surface area contributed by atoms with E-state index < -0.39 is 106 Å². The van der Waals surface area contributed by atoms with Gasteiger partial charge in [-0.2, -0.15) is 0 Å². The van der Waals surface area contributed by atoms with Crippen LogP contribution in [-0.4, -0.2) is 147 Å². The first-order valence-corrected chi connectivity index (χ1v) is 27.9. The second-order valence-electron chi connectivity index (χ2n) is 21.1. The number of hydrogen-bond acceptors (Lipinski definition) is 12. The standard InChI is InChI=1S/2C28H44N8O5.CH4/c2*1-6-19-23(38)35-21(18-11-8-7-9-12-18)25(40)31-16-14-28(4,36-22(37)17(2)3)26(41)34-20(24(39)33-19)13-10-15-32-27(29)30-5;/h2*7-9,11-12,17,19-21H,6,10,13-16H2,1-5H3,(H,31,40)(H,33,39)(H,34,41)(H,35,38)(H,36,37)(H3,29,30,32);1H4. The Morgan fingerprint density at radius 2 is 0.855 bits per heavy atom. The zero-order valence-corrected chi connectivity index (χ0v) is 49.0. The van der Waals surface area contributed by atoms with Crippen molar-refractivity contribution >= 4 is 71.0 Å². The zero-order valence-electron chi connectivity index (χ0n) is 49.0. The second kappa shape index (κ2) is 34.8. The first-order valence-electron chi connectivity index (χ1n) is 27.9. The van der Waals surface area contributed by atoms with E-state index in [2.05, 4.69) is 73.8 Å². The third-order valence-electron chi connectivity index (χ3n) is 13.8. The number of amides is 10. The maximum atomic E-state index is 13.6. The van der Waals surface area contributed by atoms with Crippen molar-refractivity contribution in [3.8, 4) is 0 Å². The molecule has 2 aliphatic rings. The number of hydrogen-bond donors (Lipinski definition) is 14. The monoisotopic (exact) mass is 1160 g/mol. The predicted molar refractivity (Wildman–Crippen MR) is 317 cm³/mol. The van der Waals surface area contributed by atoms with Crippen molar-refractivity contribution in [1.82, 2.24) is 63.8 Å². The summed E-state index contributed by atoms with van der Waals surface area (Å²) >= 11 is 0. The minimum absolute atomic E-state index is 0. The fraction of sp³-hybridized carbons (Fsp3) is 0.579. The van der Waals surface area contributed by atoms with Crippen molar-refractivity contribution in [1.29, 1.82) is 0 Å². The molecule has 2 aromatic rings. The number of nitrogens with two attached hydrogens (primary N) is 2. The van der Waals surface area contributed by atoms with E-state index in [0.29, 0.717) is 37.1 Å². The Kier molecular flexibility index (Phi) is 29.7. The highest BCUT2D eigenvalue weighted by molar-refractivity contribution is 5.99. The van der Waals surface area contributed by atoms with E-state index in [0.717, 1.165) is 0 Å². The minimum Gasteiger partial charge on any atom is -0.370 e. The fourth-order valence-corrected chi connectivity index (χ4v) is 8.38. The van der Waals surface area contributed by atoms with Crippen LogP contribution in [0.3, 0.4) is 0 Å². The van der Waals surface area contributed by atoms with Crippen LogP contribution >= 0.6 is 0 Å². The molecule has 83 heavy (non-hydrogen) atoms. The van der Waals surface area contributed by atoms with Crippen molar-refractivity contribution < 1.29 is 47.9 Å². The fourth-order valence-electron chi connectivity index (χ4n) is 8.38. The van der Waals surface area contributed by atoms with Gasteiger partial charge >= 0.3 is 0 Å². The molecule has 16 N–H and O–H groups in total. The van der Waals surface area contributed by atoms with Crippen LogP contribution in [0.15, 0.2) is 70.6 Å². The van der Waals surface area contributed by atoms with Crippen molar-refractivity contribution in [2.45, 2.75) is 162 Å². The van der Waals surface area contributed by atoms with Gasteiger partial charge in [-0.1, -0.05) is 110 Å². The molecule has 0 saturated carbocycles. The van der Waals surface area contributed by atoms with Crippen LogP contribution in [-0.2, 0) is 47.9 Å². The molecule has 10 amide bonds. The number of rotatable bonds is 16. The number of nitrogens with one attached hydrogen (secondary N) is 12. The Morgan fingerprint density at radius 1 is 0.530 bits per heavy atom. The summed E-state index contributed by atoms with van der Waals surface area (Å²) in [6.07, 6.45) is 1.89. The topological polar surface area (TPSA) is 392 Å². The summed E-state index contributed by atoms with van der Waals surface area (Å²) in [5.74, 6) is -5.35. The average molecular weight is 1160 g/mol. The average Bonchev–Trinajstić information content (AvgIpc) is 3.47. The van der Waals surface area contributed by atoms with Crippen LogP contribution in [0, 0.1) is 11.8 Å². The molecule has 2 fully saturated rings. The van der Waals surface area contributed by atoms with Gasteiger partial charge in [0.05, 0.1) is 0 Å².